The average Bonchev–Trinajstić information content (AvgIpc) is 3.00. The van der Waals surface area contributed by atoms with E-state index >= 15 is 0 Å². The van der Waals surface area contributed by atoms with Crippen LogP contribution in [-0.2, 0) is 11.3 Å². The van der Waals surface area contributed by atoms with Crippen molar-refractivity contribution in [2.45, 2.75) is 38.3 Å². The van der Waals surface area contributed by atoms with Gasteiger partial charge in [0.25, 0.3) is 0 Å². The number of aryl methyl sites for hydroxylation is 1. The van der Waals surface area contributed by atoms with Crippen LogP contribution < -0.4 is 11.4 Å². The van der Waals surface area contributed by atoms with Gasteiger partial charge in [0.1, 0.15) is 18.0 Å². The lowest BCUT2D eigenvalue weighted by Crippen LogP contribution is -2.28. The van der Waals surface area contributed by atoms with Gasteiger partial charge in [0.2, 0.25) is 0 Å². The maximum absolute atomic E-state index is 12.3. The van der Waals surface area contributed by atoms with Gasteiger partial charge in [-0.2, -0.15) is 4.98 Å². The molecule has 8 nitrogen and oxygen atoms in total. The number of aromatic nitrogens is 3. The molecule has 3 heterocycles. The van der Waals surface area contributed by atoms with Gasteiger partial charge in [-0.1, -0.05) is 0 Å². The number of aliphatic hydroxyl groups is 2. The molecule has 3 atom stereocenters. The summed E-state index contributed by atoms with van der Waals surface area (Å²) in [6, 6.07) is 1.93. The van der Waals surface area contributed by atoms with Crippen LogP contribution in [0, 0.1) is 6.92 Å². The molecule has 1 fully saturated rings. The first-order chi connectivity index (χ1) is 10.5. The number of aliphatic hydroxyl groups excluding tert-OH is 2. The molecule has 2 aromatic heterocycles. The highest BCUT2D eigenvalue weighted by molar-refractivity contribution is 5.76. The summed E-state index contributed by atoms with van der Waals surface area (Å²) in [5.74, 6) is 0. The molecule has 8 heteroatoms. The van der Waals surface area contributed by atoms with Gasteiger partial charge in [-0.25, -0.2) is 4.79 Å². The van der Waals surface area contributed by atoms with Crippen LogP contribution >= 0.6 is 0 Å². The molecule has 22 heavy (non-hydrogen) atoms. The van der Waals surface area contributed by atoms with Crippen LogP contribution in [0.15, 0.2) is 17.1 Å². The van der Waals surface area contributed by atoms with Crippen LogP contribution in [-0.4, -0.2) is 49.7 Å². The monoisotopic (exact) mass is 308 g/mol. The van der Waals surface area contributed by atoms with Gasteiger partial charge in [0, 0.05) is 36.8 Å². The third kappa shape index (κ3) is 2.44. The van der Waals surface area contributed by atoms with Gasteiger partial charge >= 0.3 is 5.69 Å². The van der Waals surface area contributed by atoms with Gasteiger partial charge in [-0.05, 0) is 13.0 Å². The van der Waals surface area contributed by atoms with Gasteiger partial charge < -0.3 is 25.3 Å². The van der Waals surface area contributed by atoms with Crippen LogP contribution in [0.4, 0.5) is 0 Å². The quantitative estimate of drug-likeness (QED) is 0.674. The van der Waals surface area contributed by atoms with E-state index in [1.165, 1.54) is 4.57 Å². The summed E-state index contributed by atoms with van der Waals surface area (Å²) in [6.45, 7) is 2.71. The molecule has 4 N–H and O–H groups in total. The smallest absolute Gasteiger partial charge is 0.351 e. The molecule has 0 aromatic carbocycles. The Morgan fingerprint density at radius 2 is 2.32 bits per heavy atom. The lowest BCUT2D eigenvalue weighted by atomic mass is 10.2. The molecule has 0 radical (unpaired) electrons. The number of ether oxygens (including phenoxy) is 1. The Morgan fingerprint density at radius 1 is 1.55 bits per heavy atom. The molecule has 0 saturated carbocycles. The van der Waals surface area contributed by atoms with Crippen molar-refractivity contribution in [1.82, 2.24) is 14.1 Å². The number of hydrogen-bond donors (Lipinski definition) is 3. The van der Waals surface area contributed by atoms with Crippen molar-refractivity contribution in [3.05, 3.63) is 28.4 Å². The Balaban J connectivity index is 2.02. The fourth-order valence-corrected chi connectivity index (χ4v) is 2.93. The van der Waals surface area contributed by atoms with Crippen molar-refractivity contribution < 1.29 is 14.9 Å². The minimum Gasteiger partial charge on any atom is -0.394 e. The molecular weight excluding hydrogens is 288 g/mol. The topological polar surface area (TPSA) is 116 Å². The Labute approximate surface area is 126 Å². The number of hydrogen-bond acceptors (Lipinski definition) is 6. The van der Waals surface area contributed by atoms with Gasteiger partial charge in [0.15, 0.2) is 0 Å². The van der Waals surface area contributed by atoms with E-state index in [1.807, 2.05) is 17.6 Å². The number of nitrogens with zero attached hydrogens (tertiary/aromatic N) is 3. The van der Waals surface area contributed by atoms with Crippen molar-refractivity contribution in [1.29, 1.82) is 0 Å². The second-order valence-corrected chi connectivity index (χ2v) is 5.55. The van der Waals surface area contributed by atoms with Crippen LogP contribution in [0.25, 0.3) is 11.0 Å². The largest absolute Gasteiger partial charge is 0.394 e. The molecule has 0 amide bonds. The zero-order chi connectivity index (χ0) is 15.9. The van der Waals surface area contributed by atoms with E-state index < -0.39 is 24.1 Å². The predicted octanol–water partition coefficient (Wildman–Crippen LogP) is -0.894. The SMILES string of the molecule is Cc1cc2cn([C@H]3C[C@H](O)[C@@H](CO)O3)c(=O)nc2n1CCN. The molecule has 0 spiro atoms. The second kappa shape index (κ2) is 5.81. The van der Waals surface area contributed by atoms with Gasteiger partial charge in [0.05, 0.1) is 12.7 Å². The maximum Gasteiger partial charge on any atom is 0.351 e. The first-order valence-electron chi connectivity index (χ1n) is 7.28. The third-order valence-electron chi connectivity index (χ3n) is 4.05. The normalized spacial score (nSPS) is 25.2. The molecule has 0 unspecified atom stereocenters. The molecule has 0 aliphatic carbocycles. The van der Waals surface area contributed by atoms with E-state index in [0.717, 1.165) is 11.1 Å². The highest BCUT2D eigenvalue weighted by atomic mass is 16.5. The molecule has 3 rings (SSSR count). The Bertz CT molecular complexity index is 738. The fourth-order valence-electron chi connectivity index (χ4n) is 2.93. The van der Waals surface area contributed by atoms with E-state index in [1.54, 1.807) is 6.20 Å². The number of fused-ring (bicyclic) bond motifs is 1. The molecule has 1 saturated heterocycles. The van der Waals surface area contributed by atoms with E-state index in [0.29, 0.717) is 18.7 Å². The summed E-state index contributed by atoms with van der Waals surface area (Å²) in [5.41, 5.74) is 6.72. The predicted molar refractivity (Wildman–Crippen MR) is 79.4 cm³/mol. The summed E-state index contributed by atoms with van der Waals surface area (Å²) in [6.07, 6.45) is -0.144. The van der Waals surface area contributed by atoms with Crippen molar-refractivity contribution in [3.8, 4) is 0 Å². The van der Waals surface area contributed by atoms with Crippen LogP contribution in [0.3, 0.4) is 0 Å². The lowest BCUT2D eigenvalue weighted by Gasteiger charge is -2.14. The van der Waals surface area contributed by atoms with Gasteiger partial charge in [-0.15, -0.1) is 0 Å². The zero-order valence-corrected chi connectivity index (χ0v) is 12.3. The van der Waals surface area contributed by atoms with Crippen molar-refractivity contribution >= 4 is 11.0 Å². The van der Waals surface area contributed by atoms with Crippen LogP contribution in [0.1, 0.15) is 18.3 Å². The fraction of sp³-hybridized carbons (Fsp3) is 0.571. The molecule has 2 aromatic rings. The zero-order valence-electron chi connectivity index (χ0n) is 12.3. The van der Waals surface area contributed by atoms with E-state index in [9.17, 15) is 9.90 Å². The van der Waals surface area contributed by atoms with E-state index in [2.05, 4.69) is 4.98 Å². The van der Waals surface area contributed by atoms with Crippen molar-refractivity contribution in [2.24, 2.45) is 5.73 Å². The first-order valence-corrected chi connectivity index (χ1v) is 7.28. The molecule has 120 valence electrons. The number of nitrogens with two attached hydrogens (primary N) is 1. The number of rotatable bonds is 4. The second-order valence-electron chi connectivity index (χ2n) is 5.55. The van der Waals surface area contributed by atoms with Crippen LogP contribution in [0.5, 0.6) is 0 Å². The Kier molecular flexibility index (Phi) is 4.00. The summed E-state index contributed by atoms with van der Waals surface area (Å²) in [5, 5.41) is 19.8. The van der Waals surface area contributed by atoms with Crippen molar-refractivity contribution in [3.63, 3.8) is 0 Å². The van der Waals surface area contributed by atoms with E-state index in [-0.39, 0.29) is 13.0 Å². The molecule has 1 aliphatic rings. The maximum atomic E-state index is 12.3. The summed E-state index contributed by atoms with van der Waals surface area (Å²) in [7, 11) is 0. The minimum atomic E-state index is -0.791. The third-order valence-corrected chi connectivity index (χ3v) is 4.05. The molecule has 0 bridgehead atoms. The molecular formula is C14H20N4O4. The van der Waals surface area contributed by atoms with Crippen LogP contribution in [0.2, 0.25) is 0 Å². The highest BCUT2D eigenvalue weighted by Crippen LogP contribution is 2.28. The minimum absolute atomic E-state index is 0.251. The van der Waals surface area contributed by atoms with Gasteiger partial charge in [-0.3, -0.25) is 4.57 Å². The lowest BCUT2D eigenvalue weighted by molar-refractivity contribution is -0.0457. The Morgan fingerprint density at radius 3 is 2.95 bits per heavy atom. The summed E-state index contributed by atoms with van der Waals surface area (Å²) < 4.78 is 8.79. The van der Waals surface area contributed by atoms with Crippen molar-refractivity contribution in [2.75, 3.05) is 13.2 Å². The average molecular weight is 308 g/mol. The first kappa shape index (κ1) is 15.2. The standard InChI is InChI=1S/C14H20N4O4/c1-8-4-9-6-18(12-5-10(20)11(7-19)22-12)14(21)16-13(9)17(8)3-2-15/h4,6,10-12,19-20H,2-3,5,7,15H2,1H3/t10-,11+,12+/m0/s1. The molecule has 1 aliphatic heterocycles. The highest BCUT2D eigenvalue weighted by Gasteiger charge is 2.35. The van der Waals surface area contributed by atoms with E-state index in [4.69, 9.17) is 15.6 Å². The Hall–Kier alpha value is -1.74. The summed E-state index contributed by atoms with van der Waals surface area (Å²) in [4.78, 5) is 16.4. The summed E-state index contributed by atoms with van der Waals surface area (Å²) >= 11 is 0.